The van der Waals surface area contributed by atoms with E-state index in [9.17, 15) is 18.4 Å². The van der Waals surface area contributed by atoms with Crippen molar-refractivity contribution in [2.75, 3.05) is 6.54 Å². The highest BCUT2D eigenvalue weighted by atomic mass is 19.1. The fraction of sp³-hybridized carbons (Fsp3) is 0.333. The van der Waals surface area contributed by atoms with Gasteiger partial charge in [-0.25, -0.2) is 13.6 Å². The van der Waals surface area contributed by atoms with Gasteiger partial charge in [0.05, 0.1) is 6.04 Å². The van der Waals surface area contributed by atoms with Crippen molar-refractivity contribution in [2.24, 2.45) is 0 Å². The van der Waals surface area contributed by atoms with Crippen molar-refractivity contribution in [1.82, 2.24) is 4.90 Å². The van der Waals surface area contributed by atoms with Crippen LogP contribution in [0.5, 0.6) is 0 Å². The lowest BCUT2D eigenvalue weighted by Crippen LogP contribution is -2.35. The molecule has 1 saturated heterocycles. The van der Waals surface area contributed by atoms with E-state index in [2.05, 4.69) is 0 Å². The number of likely N-dealkylation sites (tertiary alicyclic amines) is 1. The summed E-state index contributed by atoms with van der Waals surface area (Å²) in [5, 5.41) is 8.91. The van der Waals surface area contributed by atoms with Gasteiger partial charge in [-0.1, -0.05) is 6.07 Å². The standard InChI is InChI=1S/C12H11F2NO3/c13-8-1-2-10(11(14)4-8)7-3-9(6-16)15(5-7)12(17)18/h1-2,4,6-7,9H,3,5H2,(H,17,18). The zero-order valence-corrected chi connectivity index (χ0v) is 9.35. The summed E-state index contributed by atoms with van der Waals surface area (Å²) < 4.78 is 26.3. The topological polar surface area (TPSA) is 57.6 Å². The van der Waals surface area contributed by atoms with Crippen molar-refractivity contribution in [3.63, 3.8) is 0 Å². The summed E-state index contributed by atoms with van der Waals surface area (Å²) in [7, 11) is 0. The maximum absolute atomic E-state index is 13.6. The predicted molar refractivity (Wildman–Crippen MR) is 58.3 cm³/mol. The normalized spacial score (nSPS) is 23.1. The van der Waals surface area contributed by atoms with Gasteiger partial charge in [0.15, 0.2) is 0 Å². The molecule has 2 rings (SSSR count). The zero-order valence-electron chi connectivity index (χ0n) is 9.35. The molecule has 4 nitrogen and oxygen atoms in total. The molecule has 6 heteroatoms. The number of rotatable bonds is 2. The van der Waals surface area contributed by atoms with Crippen LogP contribution in [0.1, 0.15) is 17.9 Å². The molecule has 18 heavy (non-hydrogen) atoms. The molecule has 1 fully saturated rings. The van der Waals surface area contributed by atoms with Crippen LogP contribution in [0.15, 0.2) is 18.2 Å². The number of nitrogens with zero attached hydrogens (tertiary/aromatic N) is 1. The predicted octanol–water partition coefficient (Wildman–Crippen LogP) is 2.00. The SMILES string of the molecule is O=CC1CC(c2ccc(F)cc2F)CN1C(=O)O. The minimum Gasteiger partial charge on any atom is -0.465 e. The summed E-state index contributed by atoms with van der Waals surface area (Å²) in [6.45, 7) is 0.0429. The van der Waals surface area contributed by atoms with E-state index in [4.69, 9.17) is 5.11 Å². The second-order valence-corrected chi connectivity index (χ2v) is 4.24. The molecule has 1 aliphatic rings. The number of hydrogen-bond donors (Lipinski definition) is 1. The van der Waals surface area contributed by atoms with Crippen molar-refractivity contribution in [3.8, 4) is 0 Å². The lowest BCUT2D eigenvalue weighted by Gasteiger charge is -2.15. The Morgan fingerprint density at radius 1 is 1.44 bits per heavy atom. The van der Waals surface area contributed by atoms with Crippen LogP contribution in [0.3, 0.4) is 0 Å². The Morgan fingerprint density at radius 2 is 2.17 bits per heavy atom. The maximum Gasteiger partial charge on any atom is 0.407 e. The van der Waals surface area contributed by atoms with Gasteiger partial charge in [0.1, 0.15) is 17.9 Å². The number of carbonyl (C=O) groups is 2. The van der Waals surface area contributed by atoms with E-state index in [0.29, 0.717) is 6.29 Å². The highest BCUT2D eigenvalue weighted by molar-refractivity contribution is 5.73. The van der Waals surface area contributed by atoms with Gasteiger partial charge in [0, 0.05) is 18.5 Å². The molecule has 0 radical (unpaired) electrons. The molecule has 0 spiro atoms. The number of amides is 1. The molecule has 0 aliphatic carbocycles. The third kappa shape index (κ3) is 2.18. The molecule has 0 aromatic heterocycles. The summed E-state index contributed by atoms with van der Waals surface area (Å²) in [6, 6.07) is 2.41. The molecule has 0 bridgehead atoms. The van der Waals surface area contributed by atoms with Crippen LogP contribution >= 0.6 is 0 Å². The minimum absolute atomic E-state index is 0.0429. The summed E-state index contributed by atoms with van der Waals surface area (Å²) >= 11 is 0. The van der Waals surface area contributed by atoms with Crippen molar-refractivity contribution in [3.05, 3.63) is 35.4 Å². The molecule has 0 saturated carbocycles. The average molecular weight is 255 g/mol. The minimum atomic E-state index is -1.21. The molecule has 1 amide bonds. The lowest BCUT2D eigenvalue weighted by molar-refractivity contribution is -0.111. The summed E-state index contributed by atoms with van der Waals surface area (Å²) in [4.78, 5) is 22.7. The van der Waals surface area contributed by atoms with Gasteiger partial charge >= 0.3 is 6.09 Å². The maximum atomic E-state index is 13.6. The highest BCUT2D eigenvalue weighted by Gasteiger charge is 2.36. The third-order valence-electron chi connectivity index (χ3n) is 3.15. The zero-order chi connectivity index (χ0) is 13.3. The van der Waals surface area contributed by atoms with Crippen molar-refractivity contribution in [2.45, 2.75) is 18.4 Å². The van der Waals surface area contributed by atoms with E-state index in [1.54, 1.807) is 0 Å². The van der Waals surface area contributed by atoms with E-state index in [1.165, 1.54) is 6.07 Å². The second kappa shape index (κ2) is 4.72. The van der Waals surface area contributed by atoms with Gasteiger partial charge in [0.25, 0.3) is 0 Å². The molecule has 1 heterocycles. The fourth-order valence-electron chi connectivity index (χ4n) is 2.27. The number of aldehydes is 1. The number of carbonyl (C=O) groups excluding carboxylic acids is 1. The Balaban J connectivity index is 2.25. The van der Waals surface area contributed by atoms with Crippen LogP contribution in [0.2, 0.25) is 0 Å². The van der Waals surface area contributed by atoms with Crippen LogP contribution < -0.4 is 0 Å². The molecular weight excluding hydrogens is 244 g/mol. The number of benzene rings is 1. The van der Waals surface area contributed by atoms with Gasteiger partial charge in [-0.3, -0.25) is 4.90 Å². The van der Waals surface area contributed by atoms with Crippen LogP contribution in [0.4, 0.5) is 13.6 Å². The second-order valence-electron chi connectivity index (χ2n) is 4.24. The first-order valence-electron chi connectivity index (χ1n) is 5.42. The monoisotopic (exact) mass is 255 g/mol. The first-order chi connectivity index (χ1) is 8.52. The molecule has 1 aliphatic heterocycles. The van der Waals surface area contributed by atoms with Gasteiger partial charge < -0.3 is 9.90 Å². The first kappa shape index (κ1) is 12.5. The van der Waals surface area contributed by atoms with Crippen LogP contribution in [-0.4, -0.2) is 35.0 Å². The van der Waals surface area contributed by atoms with E-state index in [0.717, 1.165) is 17.0 Å². The average Bonchev–Trinajstić information content (AvgIpc) is 2.73. The van der Waals surface area contributed by atoms with Gasteiger partial charge in [-0.2, -0.15) is 0 Å². The van der Waals surface area contributed by atoms with Crippen molar-refractivity contribution < 1.29 is 23.5 Å². The van der Waals surface area contributed by atoms with E-state index < -0.39 is 29.7 Å². The number of halogens is 2. The van der Waals surface area contributed by atoms with Gasteiger partial charge in [-0.05, 0) is 18.1 Å². The molecule has 2 unspecified atom stereocenters. The van der Waals surface area contributed by atoms with Gasteiger partial charge in [0.2, 0.25) is 0 Å². The Bertz CT molecular complexity index is 492. The number of carboxylic acid groups (broad SMARTS) is 1. The van der Waals surface area contributed by atoms with Crippen LogP contribution in [-0.2, 0) is 4.79 Å². The molecule has 2 atom stereocenters. The molecular formula is C12H11F2NO3. The summed E-state index contributed by atoms with van der Waals surface area (Å²) in [5.74, 6) is -1.81. The Morgan fingerprint density at radius 3 is 2.67 bits per heavy atom. The van der Waals surface area contributed by atoms with Crippen LogP contribution in [0.25, 0.3) is 0 Å². The van der Waals surface area contributed by atoms with Gasteiger partial charge in [-0.15, -0.1) is 0 Å². The van der Waals surface area contributed by atoms with Crippen molar-refractivity contribution in [1.29, 1.82) is 0 Å². The van der Waals surface area contributed by atoms with Crippen LogP contribution in [0, 0.1) is 11.6 Å². The fourth-order valence-corrected chi connectivity index (χ4v) is 2.27. The highest BCUT2D eigenvalue weighted by Crippen LogP contribution is 2.32. The molecule has 96 valence electrons. The molecule has 1 aromatic carbocycles. The summed E-state index contributed by atoms with van der Waals surface area (Å²) in [5.41, 5.74) is 0.243. The molecule has 1 aromatic rings. The van der Waals surface area contributed by atoms with E-state index in [1.807, 2.05) is 0 Å². The first-order valence-corrected chi connectivity index (χ1v) is 5.42. The Hall–Kier alpha value is -1.98. The third-order valence-corrected chi connectivity index (χ3v) is 3.15. The smallest absolute Gasteiger partial charge is 0.407 e. The largest absolute Gasteiger partial charge is 0.465 e. The summed E-state index contributed by atoms with van der Waals surface area (Å²) in [6.07, 6.45) is -0.453. The quantitative estimate of drug-likeness (QED) is 0.822. The number of hydrogen-bond acceptors (Lipinski definition) is 2. The Labute approximate surface area is 102 Å². The molecule has 1 N–H and O–H groups in total. The van der Waals surface area contributed by atoms with E-state index >= 15 is 0 Å². The van der Waals surface area contributed by atoms with Crippen molar-refractivity contribution >= 4 is 12.4 Å². The Kier molecular flexibility index (Phi) is 3.27. The van der Waals surface area contributed by atoms with E-state index in [-0.39, 0.29) is 18.5 Å². The lowest BCUT2D eigenvalue weighted by atomic mass is 9.96.